The Kier molecular flexibility index (Phi) is 3.81. The second-order valence-corrected chi connectivity index (χ2v) is 3.33. The SMILES string of the molecule is CC(C)OC(=O)/C(=N/O)c1c(O)ncc[n+]1[O-]. The zero-order valence-corrected chi connectivity index (χ0v) is 9.19. The lowest BCUT2D eigenvalue weighted by Gasteiger charge is -2.09. The molecule has 1 heterocycles. The van der Waals surface area contributed by atoms with E-state index in [1.165, 1.54) is 0 Å². The second-order valence-electron chi connectivity index (χ2n) is 3.33. The van der Waals surface area contributed by atoms with Crippen LogP contribution in [0.5, 0.6) is 5.88 Å². The summed E-state index contributed by atoms with van der Waals surface area (Å²) in [5, 5.41) is 32.1. The summed E-state index contributed by atoms with van der Waals surface area (Å²) in [6.07, 6.45) is 1.52. The Bertz CT molecular complexity index is 438. The van der Waals surface area contributed by atoms with Crippen LogP contribution in [0.3, 0.4) is 0 Å². The van der Waals surface area contributed by atoms with Crippen LogP contribution >= 0.6 is 0 Å². The predicted octanol–water partition coefficient (Wildman–Crippen LogP) is -0.449. The van der Waals surface area contributed by atoms with E-state index in [1.54, 1.807) is 13.8 Å². The number of hydrogen-bond donors (Lipinski definition) is 2. The summed E-state index contributed by atoms with van der Waals surface area (Å²) in [5.41, 5.74) is -1.28. The number of aromatic nitrogens is 2. The van der Waals surface area contributed by atoms with E-state index < -0.39 is 29.4 Å². The molecule has 0 amide bonds. The van der Waals surface area contributed by atoms with E-state index in [0.717, 1.165) is 12.4 Å². The molecule has 1 rings (SSSR count). The minimum atomic E-state index is -1.03. The highest BCUT2D eigenvalue weighted by Gasteiger charge is 2.30. The van der Waals surface area contributed by atoms with E-state index in [9.17, 15) is 15.1 Å². The van der Waals surface area contributed by atoms with Gasteiger partial charge in [0.2, 0.25) is 0 Å². The zero-order chi connectivity index (χ0) is 13.0. The molecular weight excluding hydrogens is 230 g/mol. The molecule has 92 valence electrons. The van der Waals surface area contributed by atoms with E-state index in [1.807, 2.05) is 0 Å². The Morgan fingerprint density at radius 2 is 2.29 bits per heavy atom. The van der Waals surface area contributed by atoms with Crippen molar-refractivity contribution in [2.24, 2.45) is 5.16 Å². The van der Waals surface area contributed by atoms with Crippen LogP contribution in [0.15, 0.2) is 17.5 Å². The molecule has 0 bridgehead atoms. The van der Waals surface area contributed by atoms with Crippen molar-refractivity contribution in [3.05, 3.63) is 23.3 Å². The second kappa shape index (κ2) is 5.10. The number of esters is 1. The van der Waals surface area contributed by atoms with Gasteiger partial charge in [-0.05, 0) is 13.8 Å². The normalized spacial score (nSPS) is 11.6. The van der Waals surface area contributed by atoms with Crippen molar-refractivity contribution >= 4 is 11.7 Å². The zero-order valence-electron chi connectivity index (χ0n) is 9.19. The lowest BCUT2D eigenvalue weighted by atomic mass is 10.2. The molecular formula is C9H11N3O5. The van der Waals surface area contributed by atoms with E-state index in [0.29, 0.717) is 0 Å². The smallest absolute Gasteiger partial charge is 0.367 e. The largest absolute Gasteiger partial charge is 0.618 e. The van der Waals surface area contributed by atoms with Crippen molar-refractivity contribution in [2.75, 3.05) is 0 Å². The number of carbonyl (C=O) groups is 1. The van der Waals surface area contributed by atoms with Crippen molar-refractivity contribution in [2.45, 2.75) is 20.0 Å². The maximum absolute atomic E-state index is 11.5. The fourth-order valence-electron chi connectivity index (χ4n) is 1.06. The van der Waals surface area contributed by atoms with Gasteiger partial charge in [-0.2, -0.15) is 4.73 Å². The van der Waals surface area contributed by atoms with E-state index >= 15 is 0 Å². The number of oxime groups is 1. The van der Waals surface area contributed by atoms with Gasteiger partial charge in [0, 0.05) is 0 Å². The predicted molar refractivity (Wildman–Crippen MR) is 54.4 cm³/mol. The van der Waals surface area contributed by atoms with Gasteiger partial charge in [0.1, 0.15) is 0 Å². The maximum atomic E-state index is 11.5. The molecule has 17 heavy (non-hydrogen) atoms. The third-order valence-electron chi connectivity index (χ3n) is 1.69. The van der Waals surface area contributed by atoms with Crippen molar-refractivity contribution in [1.82, 2.24) is 4.98 Å². The fourth-order valence-corrected chi connectivity index (χ4v) is 1.06. The molecule has 8 heteroatoms. The average Bonchev–Trinajstić information content (AvgIpc) is 2.22. The van der Waals surface area contributed by atoms with Gasteiger partial charge in [0.25, 0.3) is 11.6 Å². The molecule has 0 atom stereocenters. The van der Waals surface area contributed by atoms with Gasteiger partial charge in [-0.15, -0.1) is 0 Å². The Balaban J connectivity index is 3.16. The molecule has 8 nitrogen and oxygen atoms in total. The lowest BCUT2D eigenvalue weighted by Crippen LogP contribution is -2.38. The van der Waals surface area contributed by atoms with Crippen LogP contribution in [0, 0.1) is 5.21 Å². The molecule has 0 saturated heterocycles. The first-order valence-electron chi connectivity index (χ1n) is 4.68. The number of ether oxygens (including phenoxy) is 1. The highest BCUT2D eigenvalue weighted by Crippen LogP contribution is 2.10. The van der Waals surface area contributed by atoms with Crippen LogP contribution in [-0.4, -0.2) is 33.1 Å². The van der Waals surface area contributed by atoms with Gasteiger partial charge in [-0.1, -0.05) is 5.16 Å². The summed E-state index contributed by atoms with van der Waals surface area (Å²) in [6, 6.07) is 0. The first kappa shape index (κ1) is 12.7. The van der Waals surface area contributed by atoms with Crippen molar-refractivity contribution in [1.29, 1.82) is 0 Å². The highest BCUT2D eigenvalue weighted by molar-refractivity contribution is 6.42. The average molecular weight is 241 g/mol. The van der Waals surface area contributed by atoms with Crippen LogP contribution in [0.4, 0.5) is 0 Å². The van der Waals surface area contributed by atoms with E-state index in [2.05, 4.69) is 10.1 Å². The number of carbonyl (C=O) groups excluding carboxylic acids is 1. The van der Waals surface area contributed by atoms with Gasteiger partial charge >= 0.3 is 11.7 Å². The van der Waals surface area contributed by atoms with Crippen LogP contribution in [0.1, 0.15) is 19.5 Å². The van der Waals surface area contributed by atoms with Crippen LogP contribution in [-0.2, 0) is 9.53 Å². The number of aromatic hydroxyl groups is 1. The monoisotopic (exact) mass is 241 g/mol. The molecule has 0 aromatic carbocycles. The van der Waals surface area contributed by atoms with Gasteiger partial charge in [-0.25, -0.2) is 9.78 Å². The van der Waals surface area contributed by atoms with Gasteiger partial charge in [0.15, 0.2) is 6.20 Å². The van der Waals surface area contributed by atoms with E-state index in [4.69, 9.17) is 9.94 Å². The molecule has 0 aliphatic carbocycles. The Hall–Kier alpha value is -2.38. The van der Waals surface area contributed by atoms with Crippen molar-refractivity contribution < 1.29 is 24.6 Å². The fraction of sp³-hybridized carbons (Fsp3) is 0.333. The number of rotatable bonds is 3. The highest BCUT2D eigenvalue weighted by atomic mass is 16.5. The summed E-state index contributed by atoms with van der Waals surface area (Å²) in [6.45, 7) is 3.17. The molecule has 1 aromatic heterocycles. The summed E-state index contributed by atoms with van der Waals surface area (Å²) < 4.78 is 4.90. The molecule has 0 unspecified atom stereocenters. The van der Waals surface area contributed by atoms with Crippen LogP contribution < -0.4 is 4.73 Å². The first-order chi connectivity index (χ1) is 7.97. The minimum absolute atomic E-state index is 0.152. The Morgan fingerprint density at radius 3 is 2.76 bits per heavy atom. The molecule has 1 aromatic rings. The van der Waals surface area contributed by atoms with Crippen molar-refractivity contribution in [3.63, 3.8) is 0 Å². The van der Waals surface area contributed by atoms with Crippen LogP contribution in [0.25, 0.3) is 0 Å². The maximum Gasteiger partial charge on any atom is 0.367 e. The summed E-state index contributed by atoms with van der Waals surface area (Å²) in [4.78, 5) is 14.9. The summed E-state index contributed by atoms with van der Waals surface area (Å²) >= 11 is 0. The third-order valence-corrected chi connectivity index (χ3v) is 1.69. The Labute approximate surface area is 96.4 Å². The van der Waals surface area contributed by atoms with Gasteiger partial charge in [0.05, 0.1) is 12.3 Å². The Morgan fingerprint density at radius 1 is 1.65 bits per heavy atom. The molecule has 0 spiro atoms. The first-order valence-corrected chi connectivity index (χ1v) is 4.68. The van der Waals surface area contributed by atoms with Crippen molar-refractivity contribution in [3.8, 4) is 5.88 Å². The lowest BCUT2D eigenvalue weighted by molar-refractivity contribution is -0.607. The molecule has 0 fully saturated rings. The summed E-state index contributed by atoms with van der Waals surface area (Å²) in [7, 11) is 0. The molecule has 0 radical (unpaired) electrons. The standard InChI is InChI=1S/C9H11N3O5/c1-5(2)17-9(14)6(11-15)7-8(13)10-3-4-12(7)16/h3-5,15H,1-2H3,(H,10,13)/b11-6+. The summed E-state index contributed by atoms with van der Waals surface area (Å²) in [5.74, 6) is -1.76. The quantitative estimate of drug-likeness (QED) is 0.185. The number of hydrogen-bond acceptors (Lipinski definition) is 7. The third kappa shape index (κ3) is 2.80. The molecule has 0 aliphatic rings. The van der Waals surface area contributed by atoms with Crippen LogP contribution in [0.2, 0.25) is 0 Å². The molecule has 0 saturated carbocycles. The van der Waals surface area contributed by atoms with Gasteiger partial charge < -0.3 is 20.3 Å². The number of nitrogens with zero attached hydrogens (tertiary/aromatic N) is 3. The molecule has 2 N–H and O–H groups in total. The minimum Gasteiger partial charge on any atom is -0.618 e. The van der Waals surface area contributed by atoms with Gasteiger partial charge in [-0.3, -0.25) is 0 Å². The van der Waals surface area contributed by atoms with E-state index in [-0.39, 0.29) is 4.73 Å². The molecule has 0 aliphatic heterocycles. The topological polar surface area (TPSA) is 119 Å².